The molecule has 7 aliphatic rings. The molecule has 1 saturated heterocycles. The van der Waals surface area contributed by atoms with Crippen LogP contribution in [0.2, 0.25) is 0 Å². The quantitative estimate of drug-likeness (QED) is 0.152. The SMILES string of the molecule is CC12C=CC=CC1C=C1OC3C=CC(N(c4ccc(-c5ccc(-c6ccc(N(C7=CCCC=C7)C7=CC=CCC7)cc6)cc5)cc4)c4cccc5c4oc4cc6ccccc6cc45)=CC3(C)C3(C1=C2)c1ccccc1-c1ccccc13. The highest BCUT2D eigenvalue weighted by molar-refractivity contribution is 6.13. The van der Waals surface area contributed by atoms with Crippen LogP contribution >= 0.6 is 0 Å². The van der Waals surface area contributed by atoms with E-state index in [0.717, 1.165) is 87.0 Å². The number of para-hydroxylation sites is 1. The van der Waals surface area contributed by atoms with Gasteiger partial charge in [-0.2, -0.15) is 0 Å². The van der Waals surface area contributed by atoms with Gasteiger partial charge in [-0.3, -0.25) is 0 Å². The second kappa shape index (κ2) is 18.3. The molecule has 390 valence electrons. The van der Waals surface area contributed by atoms with E-state index in [1.54, 1.807) is 0 Å². The molecule has 9 aromatic rings. The standard InChI is InChI=1S/C77H60N2O2/c1-75-45-16-15-20-57(75)48-72-69(50-75)77(67-28-13-11-25-63(67)64-26-12-14-29-68(64)77)76(2)49-62(43-44-73(76)80-72)79(70-30-17-27-65-66-46-55-18-9-10-19-56(55)47-71(66)81-74(65)70)61-41-37-54(38-42-61)52-33-31-51(32-34-52)53-35-39-60(40-36-53)78(58-21-5-3-6-22-58)59-23-7-4-8-24-59/h3,5,7,9-21,23-50,57,73H,4,6,8,22H2,1-2H3. The lowest BCUT2D eigenvalue weighted by Gasteiger charge is -2.58. The Morgan fingerprint density at radius 3 is 1.89 bits per heavy atom. The van der Waals surface area contributed by atoms with Crippen LogP contribution in [0.25, 0.3) is 66.1 Å². The second-order valence-electron chi connectivity index (χ2n) is 23.3. The Balaban J connectivity index is 0.817. The number of rotatable bonds is 8. The lowest BCUT2D eigenvalue weighted by molar-refractivity contribution is 0.00538. The molecule has 1 aromatic heterocycles. The first-order valence-corrected chi connectivity index (χ1v) is 28.9. The fourth-order valence-corrected chi connectivity index (χ4v) is 14.7. The Morgan fingerprint density at radius 2 is 1.21 bits per heavy atom. The predicted molar refractivity (Wildman–Crippen MR) is 335 cm³/mol. The van der Waals surface area contributed by atoms with E-state index in [-0.39, 0.29) is 17.4 Å². The van der Waals surface area contributed by atoms with Crippen molar-refractivity contribution < 1.29 is 9.15 Å². The fraction of sp³-hybridized carbons (Fsp3) is 0.143. The summed E-state index contributed by atoms with van der Waals surface area (Å²) in [5, 5.41) is 4.54. The molecule has 81 heavy (non-hydrogen) atoms. The van der Waals surface area contributed by atoms with Crippen molar-refractivity contribution in [3.05, 3.63) is 307 Å². The average molecular weight is 1050 g/mol. The molecule has 4 nitrogen and oxygen atoms in total. The number of nitrogens with zero attached hydrogens (tertiary/aromatic N) is 2. The summed E-state index contributed by atoms with van der Waals surface area (Å²) in [6, 6.07) is 65.1. The monoisotopic (exact) mass is 1040 g/mol. The van der Waals surface area contributed by atoms with Crippen LogP contribution in [0, 0.1) is 16.7 Å². The van der Waals surface area contributed by atoms with Crippen LogP contribution in [0.3, 0.4) is 0 Å². The van der Waals surface area contributed by atoms with Gasteiger partial charge < -0.3 is 19.0 Å². The molecule has 0 saturated carbocycles. The van der Waals surface area contributed by atoms with Crippen LogP contribution in [0.1, 0.15) is 50.7 Å². The lowest BCUT2D eigenvalue weighted by Crippen LogP contribution is -2.57. The fourth-order valence-electron chi connectivity index (χ4n) is 14.7. The van der Waals surface area contributed by atoms with Gasteiger partial charge in [-0.1, -0.05) is 202 Å². The third-order valence-corrected chi connectivity index (χ3v) is 18.7. The van der Waals surface area contributed by atoms with Crippen molar-refractivity contribution in [2.75, 3.05) is 9.80 Å². The second-order valence-corrected chi connectivity index (χ2v) is 23.3. The van der Waals surface area contributed by atoms with Gasteiger partial charge in [0.1, 0.15) is 17.4 Å². The van der Waals surface area contributed by atoms with E-state index in [4.69, 9.17) is 9.15 Å². The Bertz CT molecular complexity index is 4370. The van der Waals surface area contributed by atoms with Crippen molar-refractivity contribution in [1.82, 2.24) is 0 Å². The Hall–Kier alpha value is -9.38. The van der Waals surface area contributed by atoms with Gasteiger partial charge in [-0.25, -0.2) is 0 Å². The number of fused-ring (bicyclic) bond motifs is 14. The Kier molecular flexibility index (Phi) is 10.8. The normalized spacial score (nSPS) is 22.4. The summed E-state index contributed by atoms with van der Waals surface area (Å²) < 4.78 is 14.5. The van der Waals surface area contributed by atoms with Gasteiger partial charge in [0.05, 0.1) is 11.1 Å². The van der Waals surface area contributed by atoms with E-state index >= 15 is 0 Å². The van der Waals surface area contributed by atoms with E-state index in [1.807, 2.05) is 0 Å². The minimum atomic E-state index is -0.617. The van der Waals surface area contributed by atoms with Crippen LogP contribution in [0.5, 0.6) is 0 Å². The van der Waals surface area contributed by atoms with E-state index in [9.17, 15) is 0 Å². The first-order valence-electron chi connectivity index (χ1n) is 28.9. The largest absolute Gasteiger partial charge is 0.485 e. The molecule has 0 N–H and O–H groups in total. The van der Waals surface area contributed by atoms with Gasteiger partial charge in [-0.05, 0) is 160 Å². The van der Waals surface area contributed by atoms with Crippen molar-refractivity contribution in [2.45, 2.75) is 51.0 Å². The average Bonchev–Trinajstić information content (AvgIpc) is 1.99. The summed E-state index contributed by atoms with van der Waals surface area (Å²) in [4.78, 5) is 4.86. The van der Waals surface area contributed by atoms with Crippen molar-refractivity contribution >= 4 is 49.8 Å². The highest BCUT2D eigenvalue weighted by atomic mass is 16.5. The molecule has 1 aliphatic heterocycles. The van der Waals surface area contributed by atoms with E-state index < -0.39 is 10.8 Å². The molecule has 0 radical (unpaired) electrons. The number of benzene rings is 8. The molecular formula is C77H60N2O2. The predicted octanol–water partition coefficient (Wildman–Crippen LogP) is 19.9. The van der Waals surface area contributed by atoms with Crippen LogP contribution in [0.4, 0.5) is 17.1 Å². The maximum absolute atomic E-state index is 7.41. The van der Waals surface area contributed by atoms with E-state index in [2.05, 4.69) is 291 Å². The molecule has 4 heteroatoms. The van der Waals surface area contributed by atoms with Crippen LogP contribution in [0.15, 0.2) is 300 Å². The van der Waals surface area contributed by atoms with Gasteiger partial charge in [-0.15, -0.1) is 0 Å². The molecule has 2 heterocycles. The highest BCUT2D eigenvalue weighted by Gasteiger charge is 2.65. The maximum Gasteiger partial charge on any atom is 0.159 e. The molecule has 8 aromatic carbocycles. The summed E-state index contributed by atoms with van der Waals surface area (Å²) in [7, 11) is 0. The summed E-state index contributed by atoms with van der Waals surface area (Å²) >= 11 is 0. The molecule has 4 atom stereocenters. The molecule has 1 fully saturated rings. The Labute approximate surface area is 474 Å². The zero-order chi connectivity index (χ0) is 53.9. The van der Waals surface area contributed by atoms with Crippen molar-refractivity contribution in [3.63, 3.8) is 0 Å². The Morgan fingerprint density at radius 1 is 0.543 bits per heavy atom. The topological polar surface area (TPSA) is 28.9 Å². The lowest BCUT2D eigenvalue weighted by atomic mass is 9.49. The van der Waals surface area contributed by atoms with Crippen molar-refractivity contribution in [3.8, 4) is 33.4 Å². The number of ether oxygens (including phenoxy) is 1. The molecule has 6 aliphatic carbocycles. The third-order valence-electron chi connectivity index (χ3n) is 18.7. The van der Waals surface area contributed by atoms with Gasteiger partial charge >= 0.3 is 0 Å². The van der Waals surface area contributed by atoms with Gasteiger partial charge in [0.2, 0.25) is 0 Å². The highest BCUT2D eigenvalue weighted by Crippen LogP contribution is 2.69. The number of hydrogen-bond donors (Lipinski definition) is 0. The summed E-state index contributed by atoms with van der Waals surface area (Å²) in [5.74, 6) is 1.16. The van der Waals surface area contributed by atoms with Crippen molar-refractivity contribution in [1.29, 1.82) is 0 Å². The molecule has 4 unspecified atom stereocenters. The molecule has 1 spiro atoms. The van der Waals surface area contributed by atoms with E-state index in [0.29, 0.717) is 0 Å². The van der Waals surface area contributed by atoms with Crippen molar-refractivity contribution in [2.24, 2.45) is 16.7 Å². The number of anilines is 3. The third kappa shape index (κ3) is 7.29. The van der Waals surface area contributed by atoms with Crippen LogP contribution < -0.4 is 9.80 Å². The first-order chi connectivity index (χ1) is 39.8. The summed E-state index contributed by atoms with van der Waals surface area (Å²) in [6.07, 6.45) is 38.8. The maximum atomic E-state index is 7.41. The minimum Gasteiger partial charge on any atom is -0.485 e. The summed E-state index contributed by atoms with van der Waals surface area (Å²) in [6.45, 7) is 4.82. The smallest absolute Gasteiger partial charge is 0.159 e. The van der Waals surface area contributed by atoms with Gasteiger partial charge in [0.25, 0.3) is 0 Å². The molecule has 0 amide bonds. The molecule has 16 rings (SSSR count). The van der Waals surface area contributed by atoms with E-state index in [1.165, 1.54) is 61.4 Å². The zero-order valence-corrected chi connectivity index (χ0v) is 45.6. The molecular weight excluding hydrogens is 985 g/mol. The number of allylic oxidation sites excluding steroid dienone is 15. The zero-order valence-electron chi connectivity index (χ0n) is 45.6. The number of furan rings is 1. The first kappa shape index (κ1) is 47.6. The van der Waals surface area contributed by atoms with Gasteiger partial charge in [0.15, 0.2) is 5.58 Å². The van der Waals surface area contributed by atoms with Crippen LogP contribution in [-0.4, -0.2) is 6.10 Å². The minimum absolute atomic E-state index is 0.185. The van der Waals surface area contributed by atoms with Crippen LogP contribution in [-0.2, 0) is 10.2 Å². The summed E-state index contributed by atoms with van der Waals surface area (Å²) in [5.41, 5.74) is 18.2. The van der Waals surface area contributed by atoms with Gasteiger partial charge in [0, 0.05) is 61.6 Å². The number of hydrogen-bond acceptors (Lipinski definition) is 4. The molecule has 0 bridgehead atoms.